The van der Waals surface area contributed by atoms with Gasteiger partial charge in [0, 0.05) is 40.0 Å². The molecule has 257 valence electrons. The Hall–Kier alpha value is -4.16. The number of pyridine rings is 1. The van der Waals surface area contributed by atoms with Gasteiger partial charge in [-0.15, -0.1) is 6.67 Å². The largest absolute Gasteiger partial charge is 0.479 e. The Morgan fingerprint density at radius 1 is 0.571 bits per heavy atom. The van der Waals surface area contributed by atoms with Crippen molar-refractivity contribution in [3.05, 3.63) is 139 Å². The Kier molecular flexibility index (Phi) is 11.5. The van der Waals surface area contributed by atoms with Crippen LogP contribution < -0.4 is 14.8 Å². The van der Waals surface area contributed by atoms with Crippen LogP contribution in [-0.2, 0) is 22.4 Å². The zero-order chi connectivity index (χ0) is 33.9. The summed E-state index contributed by atoms with van der Waals surface area (Å²) >= 11 is 0. The topological polar surface area (TPSA) is 46.4 Å². The van der Waals surface area contributed by atoms with E-state index in [1.807, 2.05) is 30.3 Å². The van der Waals surface area contributed by atoms with E-state index in [1.54, 1.807) is 6.20 Å². The molecular weight excluding hydrogens is 783 g/mol. The van der Waals surface area contributed by atoms with Crippen LogP contribution in [-0.4, -0.2) is 9.97 Å². The van der Waals surface area contributed by atoms with E-state index in [4.69, 9.17) is 0 Å². The van der Waals surface area contributed by atoms with Crippen LogP contribution in [0, 0.1) is 6.67 Å². The van der Waals surface area contributed by atoms with Gasteiger partial charge in [0.15, 0.2) is 0 Å². The van der Waals surface area contributed by atoms with Gasteiger partial charge in [-0.05, 0) is 98.1 Å². The average Bonchev–Trinajstić information content (AvgIpc) is 3.74. The number of anilines is 2. The first-order valence-corrected chi connectivity index (χ1v) is 17.2. The maximum absolute atomic E-state index is 4.56. The summed E-state index contributed by atoms with van der Waals surface area (Å²) in [5.74, 6) is 2.61. The van der Waals surface area contributed by atoms with Crippen LogP contribution in [0.4, 0.5) is 11.4 Å². The molecule has 0 unspecified atom stereocenters. The predicted octanol–water partition coefficient (Wildman–Crippen LogP) is 11.5. The molecule has 49 heavy (non-hydrogen) atoms. The SMILES string of the molecule is CC(C)c1cccc(C(C)C)c1N1C=CN(c2c(C(C)C)cccc2C(C)C)[CH-]1.[Au].c1ccc(-c2nc3cc4ccccc4cc3[n-]2)nc1. The summed E-state index contributed by atoms with van der Waals surface area (Å²) in [6.07, 6.45) is 6.19. The van der Waals surface area contributed by atoms with Gasteiger partial charge in [-0.25, -0.2) is 0 Å². The molecule has 4 aromatic carbocycles. The first-order valence-electron chi connectivity index (χ1n) is 17.2. The van der Waals surface area contributed by atoms with E-state index in [0.29, 0.717) is 29.5 Å². The molecule has 2 aromatic heterocycles. The maximum Gasteiger partial charge on any atom is 0.0620 e. The number of aromatic nitrogens is 3. The van der Waals surface area contributed by atoms with E-state index >= 15 is 0 Å². The van der Waals surface area contributed by atoms with E-state index in [0.717, 1.165) is 16.7 Å². The second-order valence-electron chi connectivity index (χ2n) is 13.9. The van der Waals surface area contributed by atoms with Crippen LogP contribution in [0.1, 0.15) is 101 Å². The quantitative estimate of drug-likeness (QED) is 0.118. The van der Waals surface area contributed by atoms with E-state index in [2.05, 4.69) is 160 Å². The molecule has 0 atom stereocenters. The molecule has 3 heterocycles. The number of para-hydroxylation sites is 2. The first-order chi connectivity index (χ1) is 23.1. The van der Waals surface area contributed by atoms with Crippen molar-refractivity contribution in [3.8, 4) is 11.5 Å². The van der Waals surface area contributed by atoms with Crippen LogP contribution in [0.2, 0.25) is 0 Å². The van der Waals surface area contributed by atoms with E-state index in [1.165, 1.54) is 44.4 Å². The van der Waals surface area contributed by atoms with E-state index < -0.39 is 0 Å². The number of hydrogen-bond donors (Lipinski definition) is 0. The van der Waals surface area contributed by atoms with Crippen molar-refractivity contribution in [2.24, 2.45) is 0 Å². The van der Waals surface area contributed by atoms with Crippen LogP contribution in [0.25, 0.3) is 33.3 Å². The Balaban J connectivity index is 0.000000202. The minimum atomic E-state index is 0. The average molecular weight is 831 g/mol. The predicted molar refractivity (Wildman–Crippen MR) is 203 cm³/mol. The van der Waals surface area contributed by atoms with Crippen molar-refractivity contribution < 1.29 is 22.4 Å². The van der Waals surface area contributed by atoms with Crippen LogP contribution >= 0.6 is 0 Å². The molecule has 1 radical (unpaired) electrons. The zero-order valence-electron chi connectivity index (χ0n) is 29.8. The molecule has 0 N–H and O–H groups in total. The second kappa shape index (κ2) is 15.6. The number of fused-ring (bicyclic) bond motifs is 2. The molecule has 0 aliphatic carbocycles. The molecule has 0 saturated heterocycles. The number of rotatable bonds is 7. The van der Waals surface area contributed by atoms with Crippen molar-refractivity contribution >= 4 is 33.2 Å². The Morgan fingerprint density at radius 2 is 1.04 bits per heavy atom. The van der Waals surface area contributed by atoms with Gasteiger partial charge in [-0.2, -0.15) is 0 Å². The second-order valence-corrected chi connectivity index (χ2v) is 13.9. The molecule has 6 aromatic rings. The molecule has 1 aliphatic heterocycles. The standard InChI is InChI=1S/C27H37N2.C16H10N3.Au/c1-18(2)22-11-9-12-23(19(3)4)26(22)28-15-16-29(17-28)27-24(20(5)6)13-10-14-25(27)21(7)8;1-2-6-12-10-15-14(9-11(12)5-1)18-16(19-15)13-7-3-4-8-17-13;/h9-21H,1-8H3;1-10H;/q2*-1;. The molecule has 0 amide bonds. The summed E-state index contributed by atoms with van der Waals surface area (Å²) in [7, 11) is 0. The minimum Gasteiger partial charge on any atom is -0.479 e. The van der Waals surface area contributed by atoms with Gasteiger partial charge in [-0.1, -0.05) is 134 Å². The monoisotopic (exact) mass is 830 g/mol. The van der Waals surface area contributed by atoms with Gasteiger partial charge in [0.1, 0.15) is 0 Å². The molecule has 1 aliphatic rings. The fourth-order valence-corrected chi connectivity index (χ4v) is 6.50. The Bertz CT molecular complexity index is 1860. The van der Waals surface area contributed by atoms with E-state index in [9.17, 15) is 0 Å². The summed E-state index contributed by atoms with van der Waals surface area (Å²) in [5, 5.41) is 2.37. The fraction of sp³-hybridized carbons (Fsp3) is 0.279. The van der Waals surface area contributed by atoms with Crippen molar-refractivity contribution in [2.75, 3.05) is 9.80 Å². The van der Waals surface area contributed by atoms with E-state index in [-0.39, 0.29) is 22.4 Å². The van der Waals surface area contributed by atoms with Crippen LogP contribution in [0.15, 0.2) is 110 Å². The summed E-state index contributed by atoms with van der Waals surface area (Å²) in [5.41, 5.74) is 10.9. The number of hydrogen-bond acceptors (Lipinski definition) is 4. The maximum atomic E-state index is 4.56. The molecule has 7 rings (SSSR count). The summed E-state index contributed by atoms with van der Waals surface area (Å²) in [6, 6.07) is 31.7. The molecule has 0 fully saturated rings. The van der Waals surface area contributed by atoms with Gasteiger partial charge in [0.05, 0.1) is 5.69 Å². The fourth-order valence-electron chi connectivity index (χ4n) is 6.50. The Morgan fingerprint density at radius 3 is 1.49 bits per heavy atom. The van der Waals surface area contributed by atoms with Gasteiger partial charge >= 0.3 is 0 Å². The third-order valence-corrected chi connectivity index (χ3v) is 9.03. The zero-order valence-corrected chi connectivity index (χ0v) is 32.0. The van der Waals surface area contributed by atoms with Crippen LogP contribution in [0.5, 0.6) is 0 Å². The van der Waals surface area contributed by atoms with Gasteiger partial charge < -0.3 is 19.8 Å². The Labute approximate surface area is 308 Å². The van der Waals surface area contributed by atoms with Crippen molar-refractivity contribution in [3.63, 3.8) is 0 Å². The summed E-state index contributed by atoms with van der Waals surface area (Å²) < 4.78 is 0. The molecule has 0 spiro atoms. The smallest absolute Gasteiger partial charge is 0.0620 e. The van der Waals surface area contributed by atoms with Gasteiger partial charge in [0.2, 0.25) is 0 Å². The third kappa shape index (κ3) is 7.70. The molecule has 0 saturated carbocycles. The molecular formula is C43H47AuN5-2. The summed E-state index contributed by atoms with van der Waals surface area (Å²) in [6.45, 7) is 20.5. The van der Waals surface area contributed by atoms with Gasteiger partial charge in [0.25, 0.3) is 0 Å². The molecule has 0 bridgehead atoms. The number of nitrogens with zero attached hydrogens (tertiary/aromatic N) is 5. The molecule has 6 heteroatoms. The number of imidazole rings is 1. The minimum absolute atomic E-state index is 0. The van der Waals surface area contributed by atoms with Gasteiger partial charge in [-0.3, -0.25) is 4.98 Å². The first kappa shape index (κ1) is 36.1. The van der Waals surface area contributed by atoms with Crippen LogP contribution in [0.3, 0.4) is 0 Å². The third-order valence-electron chi connectivity index (χ3n) is 9.03. The number of benzene rings is 4. The molecule has 5 nitrogen and oxygen atoms in total. The summed E-state index contributed by atoms with van der Waals surface area (Å²) in [4.78, 5) is 18.1. The van der Waals surface area contributed by atoms with Crippen molar-refractivity contribution in [2.45, 2.75) is 79.1 Å². The van der Waals surface area contributed by atoms with Crippen molar-refractivity contribution in [1.82, 2.24) is 15.0 Å². The van der Waals surface area contributed by atoms with Crippen molar-refractivity contribution in [1.29, 1.82) is 0 Å². The normalized spacial score (nSPS) is 12.8.